The van der Waals surface area contributed by atoms with Crippen molar-refractivity contribution in [2.24, 2.45) is 7.05 Å². The summed E-state index contributed by atoms with van der Waals surface area (Å²) in [6.07, 6.45) is 2.85. The standard InChI is InChI=1S/C16H23N5O2/c1-10-11(2)19-16(18-10)14-8-13(23-4)9-21(14)15(22)7-12-5-6-17-20(12)3/h5-6,13-14H,7-9H2,1-4H3,(H,18,19)/t13-,14+/m1/s1. The van der Waals surface area contributed by atoms with E-state index >= 15 is 0 Å². The number of hydrogen-bond donors (Lipinski definition) is 1. The molecular weight excluding hydrogens is 294 g/mol. The zero-order valence-corrected chi connectivity index (χ0v) is 14.0. The summed E-state index contributed by atoms with van der Waals surface area (Å²) in [5.74, 6) is 0.919. The Labute approximate surface area is 135 Å². The molecule has 3 heterocycles. The van der Waals surface area contributed by atoms with Crippen LogP contribution in [0.25, 0.3) is 0 Å². The fraction of sp³-hybridized carbons (Fsp3) is 0.562. The van der Waals surface area contributed by atoms with Gasteiger partial charge in [0.2, 0.25) is 5.91 Å². The Morgan fingerprint density at radius 1 is 1.48 bits per heavy atom. The van der Waals surface area contributed by atoms with Crippen molar-refractivity contribution in [1.82, 2.24) is 24.6 Å². The van der Waals surface area contributed by atoms with Crippen LogP contribution in [0.5, 0.6) is 0 Å². The van der Waals surface area contributed by atoms with Gasteiger partial charge in [-0.15, -0.1) is 0 Å². The summed E-state index contributed by atoms with van der Waals surface area (Å²) in [5.41, 5.74) is 2.92. The number of aryl methyl sites for hydroxylation is 3. The van der Waals surface area contributed by atoms with E-state index < -0.39 is 0 Å². The van der Waals surface area contributed by atoms with Gasteiger partial charge in [0.15, 0.2) is 0 Å². The Kier molecular flexibility index (Phi) is 4.21. The van der Waals surface area contributed by atoms with Gasteiger partial charge in [-0.1, -0.05) is 0 Å². The molecule has 1 fully saturated rings. The number of carbonyl (C=O) groups excluding carboxylic acids is 1. The highest BCUT2D eigenvalue weighted by Gasteiger charge is 2.38. The number of ether oxygens (including phenoxy) is 1. The van der Waals surface area contributed by atoms with Crippen LogP contribution in [0.2, 0.25) is 0 Å². The second-order valence-corrected chi connectivity index (χ2v) is 6.11. The first-order valence-electron chi connectivity index (χ1n) is 7.81. The van der Waals surface area contributed by atoms with Crippen LogP contribution in [0.15, 0.2) is 12.3 Å². The minimum atomic E-state index is -0.0620. The molecule has 1 aliphatic rings. The molecule has 0 aliphatic carbocycles. The number of imidazole rings is 1. The molecule has 0 bridgehead atoms. The SMILES string of the molecule is CO[C@@H]1C[C@@H](c2nc(C)c(C)[nH]2)N(C(=O)Cc2ccnn2C)C1. The molecule has 124 valence electrons. The van der Waals surface area contributed by atoms with Crippen molar-refractivity contribution in [1.29, 1.82) is 0 Å². The number of rotatable bonds is 4. The fourth-order valence-electron chi connectivity index (χ4n) is 3.07. The van der Waals surface area contributed by atoms with Gasteiger partial charge >= 0.3 is 0 Å². The highest BCUT2D eigenvalue weighted by molar-refractivity contribution is 5.79. The normalized spacial score (nSPS) is 21.1. The summed E-state index contributed by atoms with van der Waals surface area (Å²) in [4.78, 5) is 22.6. The van der Waals surface area contributed by atoms with Gasteiger partial charge < -0.3 is 14.6 Å². The summed E-state index contributed by atoms with van der Waals surface area (Å²) < 4.78 is 7.22. The van der Waals surface area contributed by atoms with E-state index in [0.29, 0.717) is 13.0 Å². The Morgan fingerprint density at radius 3 is 2.83 bits per heavy atom. The number of aromatic amines is 1. The molecule has 7 nitrogen and oxygen atoms in total. The number of methoxy groups -OCH3 is 1. The van der Waals surface area contributed by atoms with E-state index in [0.717, 1.165) is 29.3 Å². The number of hydrogen-bond acceptors (Lipinski definition) is 4. The van der Waals surface area contributed by atoms with Crippen LogP contribution in [0.1, 0.15) is 35.4 Å². The smallest absolute Gasteiger partial charge is 0.229 e. The maximum Gasteiger partial charge on any atom is 0.229 e. The summed E-state index contributed by atoms with van der Waals surface area (Å²) in [6, 6.07) is 1.81. The van der Waals surface area contributed by atoms with Crippen molar-refractivity contribution in [2.45, 2.75) is 38.8 Å². The number of nitrogens with one attached hydrogen (secondary N) is 1. The molecule has 1 N–H and O–H groups in total. The minimum absolute atomic E-state index is 0.0428. The highest BCUT2D eigenvalue weighted by Crippen LogP contribution is 2.32. The molecular formula is C16H23N5O2. The molecule has 2 aromatic rings. The molecule has 1 saturated heterocycles. The average Bonchev–Trinajstić information content (AvgIpc) is 3.20. The van der Waals surface area contributed by atoms with Gasteiger partial charge in [0, 0.05) is 44.7 Å². The van der Waals surface area contributed by atoms with Gasteiger partial charge in [-0.2, -0.15) is 5.10 Å². The molecule has 3 rings (SSSR count). The second kappa shape index (κ2) is 6.16. The van der Waals surface area contributed by atoms with Crippen molar-refractivity contribution < 1.29 is 9.53 Å². The first kappa shape index (κ1) is 15.7. The molecule has 1 amide bonds. The first-order chi connectivity index (χ1) is 11.0. The molecule has 2 aromatic heterocycles. The van der Waals surface area contributed by atoms with E-state index in [-0.39, 0.29) is 18.1 Å². The molecule has 0 spiro atoms. The topological polar surface area (TPSA) is 76.0 Å². The lowest BCUT2D eigenvalue weighted by Gasteiger charge is -2.23. The lowest BCUT2D eigenvalue weighted by atomic mass is 10.2. The van der Waals surface area contributed by atoms with Crippen LogP contribution in [-0.2, 0) is 23.0 Å². The highest BCUT2D eigenvalue weighted by atomic mass is 16.5. The largest absolute Gasteiger partial charge is 0.380 e. The van der Waals surface area contributed by atoms with Crippen molar-refractivity contribution in [3.63, 3.8) is 0 Å². The van der Waals surface area contributed by atoms with Gasteiger partial charge in [0.25, 0.3) is 0 Å². The van der Waals surface area contributed by atoms with Crippen LogP contribution in [0.4, 0.5) is 0 Å². The third-order valence-electron chi connectivity index (χ3n) is 4.63. The molecule has 0 aromatic carbocycles. The summed E-state index contributed by atoms with van der Waals surface area (Å²) in [5, 5.41) is 4.12. The van der Waals surface area contributed by atoms with Crippen LogP contribution >= 0.6 is 0 Å². The Bertz CT molecular complexity index is 686. The molecule has 0 saturated carbocycles. The third kappa shape index (κ3) is 3.01. The summed E-state index contributed by atoms with van der Waals surface area (Å²) in [6.45, 7) is 4.56. The van der Waals surface area contributed by atoms with E-state index in [1.807, 2.05) is 31.9 Å². The van der Waals surface area contributed by atoms with Gasteiger partial charge in [-0.25, -0.2) is 4.98 Å². The number of carbonyl (C=O) groups is 1. The lowest BCUT2D eigenvalue weighted by Crippen LogP contribution is -2.34. The predicted octanol–water partition coefficient (Wildman–Crippen LogP) is 1.29. The van der Waals surface area contributed by atoms with Crippen molar-refractivity contribution in [3.05, 3.63) is 35.2 Å². The maximum absolute atomic E-state index is 12.8. The first-order valence-corrected chi connectivity index (χ1v) is 7.81. The minimum Gasteiger partial charge on any atom is -0.380 e. The van der Waals surface area contributed by atoms with Crippen LogP contribution in [0.3, 0.4) is 0 Å². The summed E-state index contributed by atoms with van der Waals surface area (Å²) >= 11 is 0. The fourth-order valence-corrected chi connectivity index (χ4v) is 3.07. The molecule has 7 heteroatoms. The van der Waals surface area contributed by atoms with Crippen LogP contribution < -0.4 is 0 Å². The zero-order valence-electron chi connectivity index (χ0n) is 14.0. The van der Waals surface area contributed by atoms with Crippen molar-refractivity contribution in [3.8, 4) is 0 Å². The molecule has 2 atom stereocenters. The van der Waals surface area contributed by atoms with E-state index in [9.17, 15) is 4.79 Å². The van der Waals surface area contributed by atoms with Gasteiger partial charge in [0.05, 0.1) is 24.3 Å². The number of likely N-dealkylation sites (tertiary alicyclic amines) is 1. The molecule has 1 aliphatic heterocycles. The number of aromatic nitrogens is 4. The average molecular weight is 317 g/mol. The number of amides is 1. The zero-order chi connectivity index (χ0) is 16.6. The number of H-pyrrole nitrogens is 1. The van der Waals surface area contributed by atoms with Crippen LogP contribution in [0, 0.1) is 13.8 Å². The van der Waals surface area contributed by atoms with E-state index in [1.54, 1.807) is 18.0 Å². The van der Waals surface area contributed by atoms with Gasteiger partial charge in [-0.3, -0.25) is 9.48 Å². The van der Waals surface area contributed by atoms with E-state index in [4.69, 9.17) is 4.74 Å². The maximum atomic E-state index is 12.8. The van der Waals surface area contributed by atoms with Crippen LogP contribution in [-0.4, -0.2) is 50.3 Å². The van der Waals surface area contributed by atoms with E-state index in [2.05, 4.69) is 15.1 Å². The third-order valence-corrected chi connectivity index (χ3v) is 4.63. The molecule has 0 radical (unpaired) electrons. The Hall–Kier alpha value is -2.15. The van der Waals surface area contributed by atoms with Crippen molar-refractivity contribution in [2.75, 3.05) is 13.7 Å². The van der Waals surface area contributed by atoms with E-state index in [1.165, 1.54) is 0 Å². The van der Waals surface area contributed by atoms with Gasteiger partial charge in [0.1, 0.15) is 5.82 Å². The number of nitrogens with zero attached hydrogens (tertiary/aromatic N) is 4. The van der Waals surface area contributed by atoms with Gasteiger partial charge in [-0.05, 0) is 19.9 Å². The molecule has 0 unspecified atom stereocenters. The molecule has 23 heavy (non-hydrogen) atoms. The Balaban J connectivity index is 1.82. The lowest BCUT2D eigenvalue weighted by molar-refractivity contribution is -0.132. The predicted molar refractivity (Wildman–Crippen MR) is 84.8 cm³/mol. The Morgan fingerprint density at radius 2 is 2.26 bits per heavy atom. The monoisotopic (exact) mass is 317 g/mol. The quantitative estimate of drug-likeness (QED) is 0.922. The van der Waals surface area contributed by atoms with Crippen molar-refractivity contribution >= 4 is 5.91 Å². The summed E-state index contributed by atoms with van der Waals surface area (Å²) in [7, 11) is 3.54. The second-order valence-electron chi connectivity index (χ2n) is 6.11.